The van der Waals surface area contributed by atoms with E-state index in [0.29, 0.717) is 6.32 Å². The van der Waals surface area contributed by atoms with E-state index in [9.17, 15) is 0 Å². The third-order valence-corrected chi connectivity index (χ3v) is 3.98. The van der Waals surface area contributed by atoms with Gasteiger partial charge in [0.15, 0.2) is 0 Å². The highest BCUT2D eigenvalue weighted by Gasteiger charge is 2.51. The summed E-state index contributed by atoms with van der Waals surface area (Å²) in [5.74, 6) is 0. The molecule has 3 nitrogen and oxygen atoms in total. The van der Waals surface area contributed by atoms with E-state index in [1.165, 1.54) is 0 Å². The molecule has 4 heteroatoms. The van der Waals surface area contributed by atoms with Crippen molar-refractivity contribution in [1.82, 2.24) is 0 Å². The van der Waals surface area contributed by atoms with E-state index in [2.05, 4.69) is 27.7 Å². The minimum atomic E-state index is -0.284. The summed E-state index contributed by atoms with van der Waals surface area (Å²) in [6.45, 7) is 8.23. The third-order valence-electron chi connectivity index (χ3n) is 3.98. The van der Waals surface area contributed by atoms with Gasteiger partial charge in [-0.05, 0) is 33.3 Å². The van der Waals surface area contributed by atoms with Crippen molar-refractivity contribution in [2.75, 3.05) is 0 Å². The van der Waals surface area contributed by atoms with Crippen molar-refractivity contribution in [1.29, 1.82) is 0 Å². The van der Waals surface area contributed by atoms with Crippen LogP contribution in [0.4, 0.5) is 0 Å². The highest BCUT2D eigenvalue weighted by molar-refractivity contribution is 6.45. The quantitative estimate of drug-likeness (QED) is 0.835. The fourth-order valence-electron chi connectivity index (χ4n) is 2.10. The summed E-state index contributed by atoms with van der Waals surface area (Å²) in [4.78, 5) is 0. The highest BCUT2D eigenvalue weighted by atomic mass is 16.7. The summed E-state index contributed by atoms with van der Waals surface area (Å²) in [5, 5.41) is 0. The van der Waals surface area contributed by atoms with Crippen molar-refractivity contribution in [2.24, 2.45) is 5.73 Å². The molecule has 2 N–H and O–H groups in total. The summed E-state index contributed by atoms with van der Waals surface area (Å²) in [6, 6.07) is 10.0. The normalized spacial score (nSPS) is 23.1. The second-order valence-corrected chi connectivity index (χ2v) is 5.94. The summed E-state index contributed by atoms with van der Waals surface area (Å²) >= 11 is 0. The van der Waals surface area contributed by atoms with Crippen molar-refractivity contribution in [3.63, 3.8) is 0 Å². The zero-order chi connectivity index (χ0) is 13.4. The Morgan fingerprint density at radius 3 is 2.06 bits per heavy atom. The van der Waals surface area contributed by atoms with Crippen molar-refractivity contribution >= 4 is 7.12 Å². The average molecular weight is 247 g/mol. The second-order valence-electron chi connectivity index (χ2n) is 5.94. The van der Waals surface area contributed by atoms with Crippen LogP contribution >= 0.6 is 0 Å². The molecule has 1 aromatic carbocycles. The first kappa shape index (κ1) is 13.6. The summed E-state index contributed by atoms with van der Waals surface area (Å²) in [6.07, 6.45) is 0.677. The Bertz CT molecular complexity index is 390. The van der Waals surface area contributed by atoms with Crippen LogP contribution in [-0.2, 0) is 9.31 Å². The number of hydrogen-bond acceptors (Lipinski definition) is 3. The number of hydrogen-bond donors (Lipinski definition) is 1. The van der Waals surface area contributed by atoms with Gasteiger partial charge in [0.25, 0.3) is 0 Å². The van der Waals surface area contributed by atoms with Crippen LogP contribution in [-0.4, -0.2) is 18.3 Å². The van der Waals surface area contributed by atoms with Crippen LogP contribution in [0.3, 0.4) is 0 Å². The number of rotatable bonds is 3. The monoisotopic (exact) mass is 247 g/mol. The molecule has 0 aliphatic carbocycles. The average Bonchev–Trinajstić information content (AvgIpc) is 2.48. The second kappa shape index (κ2) is 4.69. The molecule has 1 heterocycles. The molecule has 0 saturated carbocycles. The topological polar surface area (TPSA) is 44.5 Å². The lowest BCUT2D eigenvalue weighted by Crippen LogP contribution is -2.41. The van der Waals surface area contributed by atoms with Gasteiger partial charge in [-0.2, -0.15) is 0 Å². The van der Waals surface area contributed by atoms with Gasteiger partial charge in [0.1, 0.15) is 0 Å². The summed E-state index contributed by atoms with van der Waals surface area (Å²) in [5.41, 5.74) is 6.74. The van der Waals surface area contributed by atoms with Crippen LogP contribution in [0, 0.1) is 0 Å². The lowest BCUT2D eigenvalue weighted by atomic mass is 9.79. The molecule has 0 spiro atoms. The van der Waals surface area contributed by atoms with Crippen LogP contribution in [0.5, 0.6) is 0 Å². The largest absolute Gasteiger partial charge is 0.459 e. The van der Waals surface area contributed by atoms with Gasteiger partial charge in [-0.1, -0.05) is 30.3 Å². The number of benzene rings is 1. The smallest absolute Gasteiger partial charge is 0.403 e. The van der Waals surface area contributed by atoms with E-state index in [1.807, 2.05) is 30.3 Å². The van der Waals surface area contributed by atoms with Gasteiger partial charge >= 0.3 is 7.12 Å². The fourth-order valence-corrected chi connectivity index (χ4v) is 2.10. The minimum absolute atomic E-state index is 0.0547. The van der Waals surface area contributed by atoms with E-state index >= 15 is 0 Å². The molecule has 1 unspecified atom stereocenters. The molecule has 0 amide bonds. The molecule has 1 atom stereocenters. The molecule has 0 bridgehead atoms. The molecule has 1 aliphatic rings. The Hall–Kier alpha value is -0.835. The summed E-state index contributed by atoms with van der Waals surface area (Å²) in [7, 11) is -0.231. The van der Waals surface area contributed by atoms with Crippen LogP contribution in [0.1, 0.15) is 39.3 Å². The Kier molecular flexibility index (Phi) is 3.54. The molecule has 2 rings (SSSR count). The lowest BCUT2D eigenvalue weighted by Gasteiger charge is -2.32. The van der Waals surface area contributed by atoms with Gasteiger partial charge in [0.05, 0.1) is 11.2 Å². The van der Waals surface area contributed by atoms with Gasteiger partial charge in [0.2, 0.25) is 0 Å². The Labute approximate surface area is 110 Å². The lowest BCUT2D eigenvalue weighted by molar-refractivity contribution is 0.00578. The molecular weight excluding hydrogens is 225 g/mol. The maximum atomic E-state index is 6.19. The minimum Gasteiger partial charge on any atom is -0.403 e. The molecule has 1 fully saturated rings. The van der Waals surface area contributed by atoms with E-state index in [1.54, 1.807) is 0 Å². The molecule has 1 saturated heterocycles. The zero-order valence-corrected chi connectivity index (χ0v) is 11.6. The van der Waals surface area contributed by atoms with E-state index in [4.69, 9.17) is 15.0 Å². The van der Waals surface area contributed by atoms with E-state index in [-0.39, 0.29) is 24.4 Å². The standard InChI is InChI=1S/C14H22BNO2/c1-13(2)14(3,4)18-15(17-13)10-12(16)11-8-6-5-7-9-11/h5-9,12H,10,16H2,1-4H3. The molecule has 0 radical (unpaired) electrons. The van der Waals surface area contributed by atoms with Gasteiger partial charge < -0.3 is 15.0 Å². The molecule has 18 heavy (non-hydrogen) atoms. The van der Waals surface area contributed by atoms with Gasteiger partial charge in [-0.3, -0.25) is 0 Å². The third kappa shape index (κ3) is 2.61. The van der Waals surface area contributed by atoms with Gasteiger partial charge in [-0.25, -0.2) is 0 Å². The SMILES string of the molecule is CC1(C)OB(CC(N)c2ccccc2)OC1(C)C. The summed E-state index contributed by atoms with van der Waals surface area (Å²) < 4.78 is 11.9. The van der Waals surface area contributed by atoms with E-state index < -0.39 is 0 Å². The van der Waals surface area contributed by atoms with Crippen molar-refractivity contribution < 1.29 is 9.31 Å². The Balaban J connectivity index is 2.00. The van der Waals surface area contributed by atoms with Crippen LogP contribution in [0.25, 0.3) is 0 Å². The van der Waals surface area contributed by atoms with Crippen LogP contribution < -0.4 is 5.73 Å². The molecule has 0 aromatic heterocycles. The molecular formula is C14H22BNO2. The first-order valence-electron chi connectivity index (χ1n) is 6.48. The van der Waals surface area contributed by atoms with E-state index in [0.717, 1.165) is 5.56 Å². The zero-order valence-electron chi connectivity index (χ0n) is 11.6. The maximum Gasteiger partial charge on any atom is 0.459 e. The molecule has 98 valence electrons. The Morgan fingerprint density at radius 2 is 1.56 bits per heavy atom. The van der Waals surface area contributed by atoms with Crippen LogP contribution in [0.2, 0.25) is 6.32 Å². The highest BCUT2D eigenvalue weighted by Crippen LogP contribution is 2.38. The first-order valence-corrected chi connectivity index (χ1v) is 6.48. The fraction of sp³-hybridized carbons (Fsp3) is 0.571. The number of nitrogens with two attached hydrogens (primary N) is 1. The predicted octanol–water partition coefficient (Wildman–Crippen LogP) is 2.78. The molecule has 1 aromatic rings. The Morgan fingerprint density at radius 1 is 1.06 bits per heavy atom. The van der Waals surface area contributed by atoms with Crippen molar-refractivity contribution in [2.45, 2.75) is 51.3 Å². The van der Waals surface area contributed by atoms with Gasteiger partial charge in [0, 0.05) is 12.4 Å². The molecule has 1 aliphatic heterocycles. The maximum absolute atomic E-state index is 6.19. The van der Waals surface area contributed by atoms with Crippen molar-refractivity contribution in [3.05, 3.63) is 35.9 Å². The van der Waals surface area contributed by atoms with Crippen molar-refractivity contribution in [3.8, 4) is 0 Å². The first-order chi connectivity index (χ1) is 8.32. The predicted molar refractivity (Wildman–Crippen MR) is 74.3 cm³/mol. The van der Waals surface area contributed by atoms with Gasteiger partial charge in [-0.15, -0.1) is 0 Å². The van der Waals surface area contributed by atoms with Crippen LogP contribution in [0.15, 0.2) is 30.3 Å².